The number of benzene rings is 1. The lowest BCUT2D eigenvalue weighted by Crippen LogP contribution is -2.27. The molecule has 0 aliphatic heterocycles. The first-order valence-electron chi connectivity index (χ1n) is 4.83. The topological polar surface area (TPSA) is 43.1 Å². The summed E-state index contributed by atoms with van der Waals surface area (Å²) in [6, 6.07) is 9.49. The molecule has 0 aliphatic carbocycles. The molecule has 0 saturated heterocycles. The normalized spacial score (nSPS) is 14.5. The highest BCUT2D eigenvalue weighted by Crippen LogP contribution is 2.39. The van der Waals surface area contributed by atoms with Gasteiger partial charge in [-0.3, -0.25) is 0 Å². The number of carbonyl (C=O) groups excluding carboxylic acids is 1. The SMILES string of the molecule is CCSSC(c1ccccc1)[C@H](N)C=O. The zero-order chi connectivity index (χ0) is 11.1. The van der Waals surface area contributed by atoms with Gasteiger partial charge in [-0.05, 0) is 5.56 Å². The highest BCUT2D eigenvalue weighted by atomic mass is 33.1. The molecular weight excluding hydrogens is 226 g/mol. The Kier molecular flexibility index (Phi) is 5.83. The Hall–Kier alpha value is -0.450. The molecule has 1 rings (SSSR count). The van der Waals surface area contributed by atoms with Gasteiger partial charge in [0.15, 0.2) is 0 Å². The summed E-state index contributed by atoms with van der Waals surface area (Å²) in [4.78, 5) is 10.7. The first-order valence-corrected chi connectivity index (χ1v) is 7.22. The zero-order valence-corrected chi connectivity index (χ0v) is 10.3. The molecule has 2 nitrogen and oxygen atoms in total. The van der Waals surface area contributed by atoms with E-state index >= 15 is 0 Å². The molecule has 0 spiro atoms. The van der Waals surface area contributed by atoms with E-state index in [0.29, 0.717) is 0 Å². The lowest BCUT2D eigenvalue weighted by molar-refractivity contribution is -0.108. The second kappa shape index (κ2) is 6.93. The van der Waals surface area contributed by atoms with Gasteiger partial charge in [-0.15, -0.1) is 0 Å². The fourth-order valence-corrected chi connectivity index (χ4v) is 3.51. The molecule has 0 fully saturated rings. The predicted molar refractivity (Wildman–Crippen MR) is 68.9 cm³/mol. The van der Waals surface area contributed by atoms with Crippen LogP contribution in [-0.2, 0) is 4.79 Å². The Morgan fingerprint density at radius 1 is 1.40 bits per heavy atom. The summed E-state index contributed by atoms with van der Waals surface area (Å²) in [6.45, 7) is 2.09. The molecule has 2 atom stereocenters. The van der Waals surface area contributed by atoms with Gasteiger partial charge in [-0.25, -0.2) is 0 Å². The summed E-state index contributed by atoms with van der Waals surface area (Å²) in [5, 5.41) is 0.0497. The molecule has 0 aliphatic rings. The van der Waals surface area contributed by atoms with Crippen LogP contribution >= 0.6 is 21.6 Å². The third kappa shape index (κ3) is 3.89. The Bertz CT molecular complexity index is 292. The highest BCUT2D eigenvalue weighted by molar-refractivity contribution is 8.76. The van der Waals surface area contributed by atoms with Crippen LogP contribution in [0.2, 0.25) is 0 Å². The molecule has 1 aromatic rings. The predicted octanol–water partition coefficient (Wildman–Crippen LogP) is 2.66. The Balaban J connectivity index is 2.76. The molecule has 82 valence electrons. The van der Waals surface area contributed by atoms with Crippen molar-refractivity contribution >= 4 is 27.9 Å². The lowest BCUT2D eigenvalue weighted by atomic mass is 10.1. The molecule has 0 radical (unpaired) electrons. The van der Waals surface area contributed by atoms with Gasteiger partial charge in [0, 0.05) is 5.75 Å². The van der Waals surface area contributed by atoms with E-state index in [1.54, 1.807) is 21.6 Å². The third-order valence-electron chi connectivity index (χ3n) is 1.92. The Morgan fingerprint density at radius 3 is 2.60 bits per heavy atom. The van der Waals surface area contributed by atoms with E-state index in [2.05, 4.69) is 6.92 Å². The van der Waals surface area contributed by atoms with Crippen LogP contribution in [0.5, 0.6) is 0 Å². The van der Waals surface area contributed by atoms with Crippen LogP contribution < -0.4 is 5.73 Å². The Labute approximate surface area is 98.4 Å². The quantitative estimate of drug-likeness (QED) is 0.614. The van der Waals surface area contributed by atoms with Crippen LogP contribution in [0.4, 0.5) is 0 Å². The second-order valence-corrected chi connectivity index (χ2v) is 5.85. The molecule has 0 aromatic heterocycles. The van der Waals surface area contributed by atoms with Crippen LogP contribution in [0.3, 0.4) is 0 Å². The van der Waals surface area contributed by atoms with Crippen molar-refractivity contribution < 1.29 is 4.79 Å². The van der Waals surface area contributed by atoms with E-state index in [-0.39, 0.29) is 5.25 Å². The van der Waals surface area contributed by atoms with Gasteiger partial charge >= 0.3 is 0 Å². The van der Waals surface area contributed by atoms with Crippen LogP contribution in [0, 0.1) is 0 Å². The smallest absolute Gasteiger partial charge is 0.138 e. The van der Waals surface area contributed by atoms with Crippen LogP contribution in [-0.4, -0.2) is 18.1 Å². The van der Waals surface area contributed by atoms with Crippen molar-refractivity contribution in [3.8, 4) is 0 Å². The number of carbonyl (C=O) groups is 1. The number of nitrogens with two attached hydrogens (primary N) is 1. The van der Waals surface area contributed by atoms with E-state index in [0.717, 1.165) is 17.6 Å². The van der Waals surface area contributed by atoms with Crippen molar-refractivity contribution in [3.05, 3.63) is 35.9 Å². The number of hydrogen-bond acceptors (Lipinski definition) is 4. The fourth-order valence-electron chi connectivity index (χ4n) is 1.20. The van der Waals surface area contributed by atoms with E-state index in [9.17, 15) is 4.79 Å². The van der Waals surface area contributed by atoms with Gasteiger partial charge in [-0.1, -0.05) is 58.8 Å². The fraction of sp³-hybridized carbons (Fsp3) is 0.364. The van der Waals surface area contributed by atoms with Crippen molar-refractivity contribution in [2.24, 2.45) is 5.73 Å². The van der Waals surface area contributed by atoms with E-state index in [1.807, 2.05) is 30.3 Å². The zero-order valence-electron chi connectivity index (χ0n) is 8.63. The van der Waals surface area contributed by atoms with E-state index < -0.39 is 6.04 Å². The van der Waals surface area contributed by atoms with Gasteiger partial charge in [-0.2, -0.15) is 0 Å². The minimum Gasteiger partial charge on any atom is -0.321 e. The molecule has 1 aromatic carbocycles. The minimum atomic E-state index is -0.434. The minimum absolute atomic E-state index is 0.0497. The number of hydrogen-bond donors (Lipinski definition) is 1. The first-order chi connectivity index (χ1) is 7.29. The van der Waals surface area contributed by atoms with Gasteiger partial charge in [0.25, 0.3) is 0 Å². The number of aldehydes is 1. The van der Waals surface area contributed by atoms with Crippen molar-refractivity contribution in [2.45, 2.75) is 18.2 Å². The summed E-state index contributed by atoms with van der Waals surface area (Å²) in [7, 11) is 3.40. The second-order valence-electron chi connectivity index (χ2n) is 3.05. The number of rotatable bonds is 6. The maximum Gasteiger partial charge on any atom is 0.138 e. The van der Waals surface area contributed by atoms with Crippen molar-refractivity contribution in [2.75, 3.05) is 5.75 Å². The summed E-state index contributed by atoms with van der Waals surface area (Å²) in [5.74, 6) is 1.01. The lowest BCUT2D eigenvalue weighted by Gasteiger charge is -2.18. The molecule has 0 heterocycles. The molecule has 0 bridgehead atoms. The van der Waals surface area contributed by atoms with Crippen LogP contribution in [0.25, 0.3) is 0 Å². The van der Waals surface area contributed by atoms with Crippen molar-refractivity contribution in [1.29, 1.82) is 0 Å². The van der Waals surface area contributed by atoms with Gasteiger partial charge < -0.3 is 10.5 Å². The third-order valence-corrected chi connectivity index (χ3v) is 4.83. The summed E-state index contributed by atoms with van der Waals surface area (Å²) < 4.78 is 0. The van der Waals surface area contributed by atoms with E-state index in [1.165, 1.54) is 0 Å². The monoisotopic (exact) mass is 241 g/mol. The van der Waals surface area contributed by atoms with Gasteiger partial charge in [0.1, 0.15) is 6.29 Å². The average Bonchev–Trinajstić information content (AvgIpc) is 2.30. The molecule has 1 unspecified atom stereocenters. The molecular formula is C11H15NOS2. The average molecular weight is 241 g/mol. The molecule has 15 heavy (non-hydrogen) atoms. The molecule has 4 heteroatoms. The summed E-state index contributed by atoms with van der Waals surface area (Å²) in [5.41, 5.74) is 6.90. The van der Waals surface area contributed by atoms with Crippen LogP contribution in [0.15, 0.2) is 30.3 Å². The molecule has 0 amide bonds. The van der Waals surface area contributed by atoms with Gasteiger partial charge in [0.05, 0.1) is 11.3 Å². The Morgan fingerprint density at radius 2 is 2.07 bits per heavy atom. The summed E-state index contributed by atoms with van der Waals surface area (Å²) >= 11 is 0. The van der Waals surface area contributed by atoms with Crippen LogP contribution in [0.1, 0.15) is 17.7 Å². The standard InChI is InChI=1S/C11H15NOS2/c1-2-14-15-11(10(12)8-13)9-6-4-3-5-7-9/h3-8,10-11H,2,12H2,1H3/t10-,11?/m1/s1. The largest absolute Gasteiger partial charge is 0.321 e. The van der Waals surface area contributed by atoms with Gasteiger partial charge in [0.2, 0.25) is 0 Å². The van der Waals surface area contributed by atoms with E-state index in [4.69, 9.17) is 5.73 Å². The summed E-state index contributed by atoms with van der Waals surface area (Å²) in [6.07, 6.45) is 0.820. The highest BCUT2D eigenvalue weighted by Gasteiger charge is 2.19. The van der Waals surface area contributed by atoms with Crippen molar-refractivity contribution in [1.82, 2.24) is 0 Å². The maximum atomic E-state index is 10.7. The van der Waals surface area contributed by atoms with Crippen molar-refractivity contribution in [3.63, 3.8) is 0 Å². The maximum absolute atomic E-state index is 10.7. The molecule has 0 saturated carbocycles. The first kappa shape index (κ1) is 12.6. The molecule has 2 N–H and O–H groups in total.